The number of hydrogen-bond donors (Lipinski definition) is 2. The Morgan fingerprint density at radius 1 is 1.04 bits per heavy atom. The van der Waals surface area contributed by atoms with Crippen molar-refractivity contribution in [2.24, 2.45) is 0 Å². The molecule has 0 aliphatic carbocycles. The molecule has 2 N–H and O–H groups in total. The lowest BCUT2D eigenvalue weighted by Gasteiger charge is -2.37. The lowest BCUT2D eigenvalue weighted by molar-refractivity contribution is -0.168. The Labute approximate surface area is 155 Å². The minimum absolute atomic E-state index is 0.0613. The zero-order valence-corrected chi connectivity index (χ0v) is 17.6. The summed E-state index contributed by atoms with van der Waals surface area (Å²) in [5.74, 6) is -1.37. The van der Waals surface area contributed by atoms with E-state index in [2.05, 4.69) is 5.32 Å². The molecule has 26 heavy (non-hydrogen) atoms. The lowest BCUT2D eigenvalue weighted by atomic mass is 10.2. The van der Waals surface area contributed by atoms with Gasteiger partial charge in [-0.3, -0.25) is 4.57 Å². The van der Waals surface area contributed by atoms with E-state index in [4.69, 9.17) is 18.7 Å². The quantitative estimate of drug-likeness (QED) is 0.403. The van der Waals surface area contributed by atoms with Gasteiger partial charge in [-0.1, -0.05) is 0 Å². The summed E-state index contributed by atoms with van der Waals surface area (Å²) in [7, 11) is -3.79. The molecule has 0 heterocycles. The number of carbonyl (C=O) groups excluding carboxylic acids is 1. The van der Waals surface area contributed by atoms with Crippen LogP contribution in [0.15, 0.2) is 0 Å². The molecule has 0 saturated heterocycles. The predicted molar refractivity (Wildman–Crippen MR) is 96.6 cm³/mol. The van der Waals surface area contributed by atoms with Gasteiger partial charge in [-0.15, -0.1) is 0 Å². The Morgan fingerprint density at radius 2 is 1.54 bits per heavy atom. The first-order valence-corrected chi connectivity index (χ1v) is 10.4. The standard InChI is InChI=1S/C16H32NO8P/c1-8-22-16(7,23-9-2)26(21,24-10-3)11-12(13(18)19)17-14(20)25-15(4,5)6/h12H,8-11H2,1-7H3,(H,17,20)(H,18,19). The van der Waals surface area contributed by atoms with Crippen LogP contribution in [0.4, 0.5) is 4.79 Å². The summed E-state index contributed by atoms with van der Waals surface area (Å²) in [5, 5.41) is 11.7. The van der Waals surface area contributed by atoms with Gasteiger partial charge in [0.25, 0.3) is 7.37 Å². The van der Waals surface area contributed by atoms with E-state index in [1.165, 1.54) is 6.92 Å². The Balaban J connectivity index is 5.59. The summed E-state index contributed by atoms with van der Waals surface area (Å²) in [6.45, 7) is 11.8. The molecule has 0 saturated carbocycles. The van der Waals surface area contributed by atoms with Crippen LogP contribution < -0.4 is 5.32 Å². The Bertz CT molecular complexity index is 511. The molecule has 9 nitrogen and oxygen atoms in total. The van der Waals surface area contributed by atoms with Crippen molar-refractivity contribution in [1.82, 2.24) is 5.32 Å². The number of nitrogens with one attached hydrogen (secondary N) is 1. The van der Waals surface area contributed by atoms with Crippen molar-refractivity contribution in [1.29, 1.82) is 0 Å². The highest BCUT2D eigenvalue weighted by Crippen LogP contribution is 2.60. The largest absolute Gasteiger partial charge is 0.480 e. The molecule has 0 aliphatic rings. The first-order chi connectivity index (χ1) is 11.8. The highest BCUT2D eigenvalue weighted by atomic mass is 31.2. The Hall–Kier alpha value is -1.15. The second kappa shape index (κ2) is 10.3. The fourth-order valence-corrected chi connectivity index (χ4v) is 4.66. The van der Waals surface area contributed by atoms with Crippen LogP contribution in [0.1, 0.15) is 48.5 Å². The van der Waals surface area contributed by atoms with Crippen molar-refractivity contribution in [2.45, 2.75) is 65.6 Å². The molecule has 0 fully saturated rings. The fourth-order valence-electron chi connectivity index (χ4n) is 2.19. The number of alkyl carbamates (subject to hydrolysis) is 1. The summed E-state index contributed by atoms with van der Waals surface area (Å²) in [5.41, 5.74) is -2.43. The van der Waals surface area contributed by atoms with E-state index in [-0.39, 0.29) is 19.8 Å². The molecule has 0 bridgehead atoms. The molecule has 0 aromatic heterocycles. The van der Waals surface area contributed by atoms with E-state index in [1.54, 1.807) is 41.5 Å². The molecule has 0 rings (SSSR count). The summed E-state index contributed by atoms with van der Waals surface area (Å²) in [6.07, 6.45) is -1.44. The molecule has 0 aromatic carbocycles. The van der Waals surface area contributed by atoms with Gasteiger partial charge in [-0.25, -0.2) is 9.59 Å². The summed E-state index contributed by atoms with van der Waals surface area (Å²) in [4.78, 5) is 23.5. The zero-order valence-electron chi connectivity index (χ0n) is 16.7. The first-order valence-electron chi connectivity index (χ1n) is 8.58. The van der Waals surface area contributed by atoms with Crippen LogP contribution in [-0.4, -0.2) is 60.3 Å². The van der Waals surface area contributed by atoms with Gasteiger partial charge in [-0.05, 0) is 48.5 Å². The van der Waals surface area contributed by atoms with E-state index >= 15 is 0 Å². The van der Waals surface area contributed by atoms with Gasteiger partial charge in [0.1, 0.15) is 11.6 Å². The average molecular weight is 397 g/mol. The van der Waals surface area contributed by atoms with Crippen molar-refractivity contribution in [2.75, 3.05) is 26.0 Å². The zero-order chi connectivity index (χ0) is 20.6. The molecule has 0 spiro atoms. The summed E-state index contributed by atoms with van der Waals surface area (Å²) < 4.78 is 35.0. The first kappa shape index (κ1) is 24.8. The molecule has 0 aromatic rings. The van der Waals surface area contributed by atoms with Crippen LogP contribution in [0.25, 0.3) is 0 Å². The molecule has 1 amide bonds. The van der Waals surface area contributed by atoms with E-state index in [1.807, 2.05) is 0 Å². The van der Waals surface area contributed by atoms with E-state index in [9.17, 15) is 19.3 Å². The van der Waals surface area contributed by atoms with Crippen LogP contribution in [-0.2, 0) is 28.1 Å². The number of rotatable bonds is 11. The third-order valence-corrected chi connectivity index (χ3v) is 6.21. The number of carboxylic acids is 1. The minimum Gasteiger partial charge on any atom is -0.480 e. The molecular weight excluding hydrogens is 365 g/mol. The monoisotopic (exact) mass is 397 g/mol. The highest BCUT2D eigenvalue weighted by Gasteiger charge is 2.50. The van der Waals surface area contributed by atoms with Crippen molar-refractivity contribution in [3.05, 3.63) is 0 Å². The van der Waals surface area contributed by atoms with Gasteiger partial charge in [0.15, 0.2) is 0 Å². The van der Waals surface area contributed by atoms with E-state index < -0.39 is 42.8 Å². The number of carboxylic acid groups (broad SMARTS) is 1. The SMILES string of the molecule is CCOC(C)(OCC)P(=O)(CC(NC(=O)OC(C)(C)C)C(=O)O)OCC. The van der Waals surface area contributed by atoms with Crippen LogP contribution >= 0.6 is 7.37 Å². The van der Waals surface area contributed by atoms with Gasteiger partial charge in [-0.2, -0.15) is 0 Å². The Morgan fingerprint density at radius 3 is 1.88 bits per heavy atom. The normalized spacial score (nSPS) is 15.8. The summed E-state index contributed by atoms with van der Waals surface area (Å²) >= 11 is 0. The molecular formula is C16H32NO8P. The van der Waals surface area contributed by atoms with Gasteiger partial charge in [0.2, 0.25) is 5.53 Å². The van der Waals surface area contributed by atoms with Crippen LogP contribution in [0.5, 0.6) is 0 Å². The van der Waals surface area contributed by atoms with Crippen molar-refractivity contribution < 1.29 is 38.0 Å². The van der Waals surface area contributed by atoms with Gasteiger partial charge in [0, 0.05) is 13.2 Å². The number of ether oxygens (including phenoxy) is 3. The number of aliphatic carboxylic acids is 1. The van der Waals surface area contributed by atoms with Crippen LogP contribution in [0.3, 0.4) is 0 Å². The average Bonchev–Trinajstić information content (AvgIpc) is 2.45. The van der Waals surface area contributed by atoms with Crippen molar-refractivity contribution in [3.63, 3.8) is 0 Å². The van der Waals surface area contributed by atoms with Gasteiger partial charge >= 0.3 is 12.1 Å². The van der Waals surface area contributed by atoms with Crippen molar-refractivity contribution >= 4 is 19.4 Å². The molecule has 154 valence electrons. The maximum absolute atomic E-state index is 13.5. The molecule has 0 radical (unpaired) electrons. The minimum atomic E-state index is -3.79. The van der Waals surface area contributed by atoms with E-state index in [0.717, 1.165) is 0 Å². The fraction of sp³-hybridized carbons (Fsp3) is 0.875. The van der Waals surface area contributed by atoms with Gasteiger partial charge in [0.05, 0.1) is 12.8 Å². The van der Waals surface area contributed by atoms with Gasteiger partial charge < -0.3 is 29.2 Å². The molecule has 0 aliphatic heterocycles. The maximum Gasteiger partial charge on any atom is 0.408 e. The van der Waals surface area contributed by atoms with Crippen LogP contribution in [0.2, 0.25) is 0 Å². The Kier molecular flexibility index (Phi) is 9.80. The third kappa shape index (κ3) is 7.61. The number of hydrogen-bond acceptors (Lipinski definition) is 7. The number of amides is 1. The van der Waals surface area contributed by atoms with Crippen LogP contribution in [0, 0.1) is 0 Å². The highest BCUT2D eigenvalue weighted by molar-refractivity contribution is 7.60. The second-order valence-electron chi connectivity index (χ2n) is 6.57. The van der Waals surface area contributed by atoms with E-state index in [0.29, 0.717) is 0 Å². The lowest BCUT2D eigenvalue weighted by Crippen LogP contribution is -2.47. The van der Waals surface area contributed by atoms with Crippen molar-refractivity contribution in [3.8, 4) is 0 Å². The smallest absolute Gasteiger partial charge is 0.408 e. The second-order valence-corrected chi connectivity index (χ2v) is 9.36. The third-order valence-electron chi connectivity index (χ3n) is 3.19. The molecule has 2 unspecified atom stereocenters. The summed E-state index contributed by atoms with van der Waals surface area (Å²) in [6, 6.07) is -1.50. The molecule has 2 atom stereocenters. The topological polar surface area (TPSA) is 120 Å². The maximum atomic E-state index is 13.5. The number of carbonyl (C=O) groups is 2. The molecule has 10 heteroatoms. The predicted octanol–water partition coefficient (Wildman–Crippen LogP) is 3.03.